The van der Waals surface area contributed by atoms with E-state index in [1.54, 1.807) is 13.8 Å². The average molecular weight is 279 g/mol. The van der Waals surface area contributed by atoms with E-state index in [9.17, 15) is 17.2 Å². The lowest BCUT2D eigenvalue weighted by Crippen LogP contribution is -2.30. The van der Waals surface area contributed by atoms with Gasteiger partial charge in [0, 0.05) is 6.54 Å². The summed E-state index contributed by atoms with van der Waals surface area (Å²) < 4.78 is 53.4. The molecule has 0 fully saturated rings. The molecule has 18 heavy (non-hydrogen) atoms. The summed E-state index contributed by atoms with van der Waals surface area (Å²) in [5, 5.41) is -0.515. The summed E-state index contributed by atoms with van der Waals surface area (Å²) in [4.78, 5) is 0. The quantitative estimate of drug-likeness (QED) is 0.867. The van der Waals surface area contributed by atoms with Gasteiger partial charge in [-0.3, -0.25) is 0 Å². The number of benzene rings is 1. The SMILES string of the molecule is CC(C)S(=O)(=O)NCc1ccc(OC(F)F)cc1. The second-order valence-electron chi connectivity index (χ2n) is 3.94. The highest BCUT2D eigenvalue weighted by molar-refractivity contribution is 7.90. The van der Waals surface area contributed by atoms with Gasteiger partial charge in [-0.2, -0.15) is 8.78 Å². The molecule has 0 aliphatic rings. The van der Waals surface area contributed by atoms with Gasteiger partial charge in [-0.05, 0) is 31.5 Å². The first kappa shape index (κ1) is 14.8. The molecule has 0 bridgehead atoms. The molecule has 1 aromatic rings. The van der Waals surface area contributed by atoms with Crippen molar-refractivity contribution >= 4 is 10.0 Å². The molecule has 0 aliphatic heterocycles. The van der Waals surface area contributed by atoms with Crippen molar-refractivity contribution in [2.75, 3.05) is 0 Å². The van der Waals surface area contributed by atoms with E-state index in [1.807, 2.05) is 0 Å². The number of rotatable bonds is 6. The van der Waals surface area contributed by atoms with E-state index < -0.39 is 21.9 Å². The van der Waals surface area contributed by atoms with E-state index in [2.05, 4.69) is 9.46 Å². The van der Waals surface area contributed by atoms with Gasteiger partial charge in [-0.15, -0.1) is 0 Å². The van der Waals surface area contributed by atoms with Crippen LogP contribution >= 0.6 is 0 Å². The lowest BCUT2D eigenvalue weighted by molar-refractivity contribution is -0.0498. The van der Waals surface area contributed by atoms with Crippen molar-refractivity contribution < 1.29 is 21.9 Å². The highest BCUT2D eigenvalue weighted by Crippen LogP contribution is 2.15. The van der Waals surface area contributed by atoms with Crippen molar-refractivity contribution in [3.05, 3.63) is 29.8 Å². The van der Waals surface area contributed by atoms with E-state index in [1.165, 1.54) is 24.3 Å². The first-order valence-electron chi connectivity index (χ1n) is 5.33. The van der Waals surface area contributed by atoms with Crippen LogP contribution in [0.2, 0.25) is 0 Å². The molecular weight excluding hydrogens is 264 g/mol. The number of nitrogens with one attached hydrogen (secondary N) is 1. The fourth-order valence-corrected chi connectivity index (χ4v) is 1.84. The molecule has 0 aliphatic carbocycles. The van der Waals surface area contributed by atoms with Gasteiger partial charge in [-0.25, -0.2) is 13.1 Å². The Hall–Kier alpha value is -1.21. The lowest BCUT2D eigenvalue weighted by atomic mass is 10.2. The Labute approximate surface area is 105 Å². The zero-order valence-corrected chi connectivity index (χ0v) is 10.9. The highest BCUT2D eigenvalue weighted by atomic mass is 32.2. The molecule has 4 nitrogen and oxygen atoms in total. The Kier molecular flexibility index (Phi) is 5.03. The third-order valence-corrected chi connectivity index (χ3v) is 4.03. The molecule has 0 saturated carbocycles. The topological polar surface area (TPSA) is 55.4 Å². The zero-order chi connectivity index (χ0) is 13.8. The molecule has 1 N–H and O–H groups in total. The molecule has 0 amide bonds. The smallest absolute Gasteiger partial charge is 0.387 e. The van der Waals surface area contributed by atoms with E-state index in [-0.39, 0.29) is 12.3 Å². The van der Waals surface area contributed by atoms with Crippen LogP contribution in [0.1, 0.15) is 19.4 Å². The van der Waals surface area contributed by atoms with Crippen molar-refractivity contribution in [1.29, 1.82) is 0 Å². The fourth-order valence-electron chi connectivity index (χ4n) is 1.14. The van der Waals surface area contributed by atoms with E-state index in [4.69, 9.17) is 0 Å². The Bertz CT molecular complexity index is 472. The number of hydrogen-bond donors (Lipinski definition) is 1. The van der Waals surface area contributed by atoms with Gasteiger partial charge in [0.1, 0.15) is 5.75 Å². The van der Waals surface area contributed by atoms with Crippen molar-refractivity contribution in [3.8, 4) is 5.75 Å². The second-order valence-corrected chi connectivity index (χ2v) is 6.26. The molecular formula is C11H15F2NO3S. The summed E-state index contributed by atoms with van der Waals surface area (Å²) in [5.41, 5.74) is 0.667. The van der Waals surface area contributed by atoms with Crippen LogP contribution < -0.4 is 9.46 Å². The van der Waals surface area contributed by atoms with Gasteiger partial charge < -0.3 is 4.74 Å². The fraction of sp³-hybridized carbons (Fsp3) is 0.455. The number of halogens is 2. The number of alkyl halides is 2. The third-order valence-electron chi connectivity index (χ3n) is 2.25. The molecule has 0 spiro atoms. The summed E-state index contributed by atoms with van der Waals surface area (Å²) in [5.74, 6) is 0.0421. The lowest BCUT2D eigenvalue weighted by Gasteiger charge is -2.10. The third kappa shape index (κ3) is 4.58. The van der Waals surface area contributed by atoms with Crippen LogP contribution in [0.4, 0.5) is 8.78 Å². The molecule has 1 rings (SSSR count). The first-order valence-corrected chi connectivity index (χ1v) is 6.88. The maximum atomic E-state index is 11.9. The Morgan fingerprint density at radius 1 is 1.22 bits per heavy atom. The van der Waals surface area contributed by atoms with Crippen molar-refractivity contribution in [2.24, 2.45) is 0 Å². The molecule has 7 heteroatoms. The van der Waals surface area contributed by atoms with Gasteiger partial charge in [0.2, 0.25) is 10.0 Å². The molecule has 0 radical (unpaired) electrons. The summed E-state index contributed by atoms with van der Waals surface area (Å²) in [6.07, 6.45) is 0. The largest absolute Gasteiger partial charge is 0.435 e. The molecule has 102 valence electrons. The minimum atomic E-state index is -3.33. The van der Waals surface area contributed by atoms with Crippen LogP contribution in [-0.4, -0.2) is 20.3 Å². The molecule has 0 unspecified atom stereocenters. The van der Waals surface area contributed by atoms with Gasteiger partial charge in [0.15, 0.2) is 0 Å². The summed E-state index contributed by atoms with van der Waals surface area (Å²) in [6.45, 7) is 0.398. The molecule has 0 heterocycles. The van der Waals surface area contributed by atoms with Gasteiger partial charge in [0.25, 0.3) is 0 Å². The van der Waals surface area contributed by atoms with Gasteiger partial charge in [0.05, 0.1) is 5.25 Å². The van der Waals surface area contributed by atoms with Crippen molar-refractivity contribution in [2.45, 2.75) is 32.3 Å². The zero-order valence-electron chi connectivity index (χ0n) is 10.1. The van der Waals surface area contributed by atoms with Gasteiger partial charge in [-0.1, -0.05) is 12.1 Å². The van der Waals surface area contributed by atoms with Crippen LogP contribution in [0.3, 0.4) is 0 Å². The van der Waals surface area contributed by atoms with Crippen LogP contribution in [0, 0.1) is 0 Å². The minimum absolute atomic E-state index is 0.0421. The molecule has 0 saturated heterocycles. The Balaban J connectivity index is 2.60. The summed E-state index contributed by atoms with van der Waals surface area (Å²) in [6, 6.07) is 5.79. The second kappa shape index (κ2) is 6.10. The van der Waals surface area contributed by atoms with Gasteiger partial charge >= 0.3 is 6.61 Å². The summed E-state index contributed by atoms with van der Waals surface area (Å²) >= 11 is 0. The number of ether oxygens (including phenoxy) is 1. The first-order chi connectivity index (χ1) is 8.31. The minimum Gasteiger partial charge on any atom is -0.435 e. The van der Waals surface area contributed by atoms with Crippen LogP contribution in [0.15, 0.2) is 24.3 Å². The summed E-state index contributed by atoms with van der Waals surface area (Å²) in [7, 11) is -3.33. The number of sulfonamides is 1. The van der Waals surface area contributed by atoms with Crippen LogP contribution in [0.5, 0.6) is 5.75 Å². The maximum Gasteiger partial charge on any atom is 0.387 e. The molecule has 1 aromatic carbocycles. The standard InChI is InChI=1S/C11H15F2NO3S/c1-8(2)18(15,16)14-7-9-3-5-10(6-4-9)17-11(12)13/h3-6,8,11,14H,7H2,1-2H3. The van der Waals surface area contributed by atoms with E-state index in [0.717, 1.165) is 0 Å². The maximum absolute atomic E-state index is 11.9. The predicted octanol–water partition coefficient (Wildman–Crippen LogP) is 2.12. The molecule has 0 atom stereocenters. The Morgan fingerprint density at radius 3 is 2.22 bits per heavy atom. The van der Waals surface area contributed by atoms with Crippen molar-refractivity contribution in [3.63, 3.8) is 0 Å². The van der Waals surface area contributed by atoms with E-state index in [0.29, 0.717) is 5.56 Å². The highest BCUT2D eigenvalue weighted by Gasteiger charge is 2.14. The van der Waals surface area contributed by atoms with Crippen LogP contribution in [0.25, 0.3) is 0 Å². The monoisotopic (exact) mass is 279 g/mol. The normalized spacial score (nSPS) is 12.1. The number of hydrogen-bond acceptors (Lipinski definition) is 3. The molecule has 0 aromatic heterocycles. The van der Waals surface area contributed by atoms with E-state index >= 15 is 0 Å². The predicted molar refractivity (Wildman–Crippen MR) is 64.0 cm³/mol. The van der Waals surface area contributed by atoms with Crippen LogP contribution in [-0.2, 0) is 16.6 Å². The average Bonchev–Trinajstić information content (AvgIpc) is 2.27. The Morgan fingerprint density at radius 2 is 1.78 bits per heavy atom. The van der Waals surface area contributed by atoms with Crippen molar-refractivity contribution in [1.82, 2.24) is 4.72 Å².